The monoisotopic (exact) mass is 264 g/mol. The number of nitrogens with two attached hydrogens (primary N) is 1. The molecule has 0 bridgehead atoms. The molecule has 2 rings (SSSR count). The lowest BCUT2D eigenvalue weighted by Crippen LogP contribution is -2.29. The maximum atomic E-state index is 5.72. The highest BCUT2D eigenvalue weighted by atomic mass is 16.5. The third-order valence-corrected chi connectivity index (χ3v) is 3.76. The summed E-state index contributed by atoms with van der Waals surface area (Å²) in [4.78, 5) is 0. The molecule has 0 saturated carbocycles. The summed E-state index contributed by atoms with van der Waals surface area (Å²) in [5, 5.41) is 0. The Labute approximate surface area is 115 Å². The molecule has 2 atom stereocenters. The van der Waals surface area contributed by atoms with Crippen LogP contribution in [0.1, 0.15) is 42.9 Å². The minimum absolute atomic E-state index is 0.110. The van der Waals surface area contributed by atoms with Crippen molar-refractivity contribution in [2.75, 3.05) is 13.7 Å². The second-order valence-electron chi connectivity index (χ2n) is 5.18. The van der Waals surface area contributed by atoms with Gasteiger partial charge in [0.25, 0.3) is 0 Å². The van der Waals surface area contributed by atoms with Crippen molar-refractivity contribution in [1.82, 2.24) is 5.43 Å². The van der Waals surface area contributed by atoms with Gasteiger partial charge < -0.3 is 9.47 Å². The van der Waals surface area contributed by atoms with E-state index in [9.17, 15) is 0 Å². The number of methoxy groups -OCH3 is 1. The Morgan fingerprint density at radius 2 is 2.37 bits per heavy atom. The highest BCUT2D eigenvalue weighted by Gasteiger charge is 2.20. The van der Waals surface area contributed by atoms with Crippen LogP contribution in [0.2, 0.25) is 0 Å². The lowest BCUT2D eigenvalue weighted by Gasteiger charge is -2.21. The van der Waals surface area contributed by atoms with Gasteiger partial charge in [0.15, 0.2) is 0 Å². The van der Waals surface area contributed by atoms with Crippen LogP contribution in [-0.2, 0) is 4.74 Å². The molecule has 4 nitrogen and oxygen atoms in total. The van der Waals surface area contributed by atoms with Crippen molar-refractivity contribution in [2.24, 2.45) is 5.84 Å². The Hall–Kier alpha value is -1.10. The summed E-state index contributed by atoms with van der Waals surface area (Å²) in [5.41, 5.74) is 5.25. The van der Waals surface area contributed by atoms with E-state index in [4.69, 9.17) is 15.3 Å². The van der Waals surface area contributed by atoms with E-state index < -0.39 is 0 Å². The van der Waals surface area contributed by atoms with Gasteiger partial charge in [0.2, 0.25) is 0 Å². The standard InChI is InChI=1S/C15H24N2O2/c1-11-5-8-15(18-2)13(10-11)14(17-16)7-6-12-4-3-9-19-12/h5,8,10,12,14,17H,3-4,6-7,9,16H2,1-2H3. The van der Waals surface area contributed by atoms with Gasteiger partial charge in [-0.2, -0.15) is 0 Å². The van der Waals surface area contributed by atoms with E-state index in [1.165, 1.54) is 18.4 Å². The summed E-state index contributed by atoms with van der Waals surface area (Å²) in [5.74, 6) is 6.61. The van der Waals surface area contributed by atoms with E-state index in [0.717, 1.165) is 30.8 Å². The van der Waals surface area contributed by atoms with Gasteiger partial charge in [0, 0.05) is 18.2 Å². The zero-order valence-electron chi connectivity index (χ0n) is 11.8. The summed E-state index contributed by atoms with van der Waals surface area (Å²) in [7, 11) is 1.70. The first-order valence-electron chi connectivity index (χ1n) is 6.97. The molecular formula is C15H24N2O2. The fraction of sp³-hybridized carbons (Fsp3) is 0.600. The van der Waals surface area contributed by atoms with Crippen LogP contribution in [0.3, 0.4) is 0 Å². The molecule has 0 aromatic heterocycles. The van der Waals surface area contributed by atoms with Crippen LogP contribution in [0.25, 0.3) is 0 Å². The van der Waals surface area contributed by atoms with Gasteiger partial charge in [-0.3, -0.25) is 11.3 Å². The first-order chi connectivity index (χ1) is 9.24. The van der Waals surface area contributed by atoms with Crippen LogP contribution in [-0.4, -0.2) is 19.8 Å². The number of nitrogens with one attached hydrogen (secondary N) is 1. The van der Waals surface area contributed by atoms with Gasteiger partial charge in [-0.05, 0) is 38.7 Å². The summed E-state index contributed by atoms with van der Waals surface area (Å²) in [6, 6.07) is 6.30. The van der Waals surface area contributed by atoms with Gasteiger partial charge >= 0.3 is 0 Å². The van der Waals surface area contributed by atoms with Gasteiger partial charge in [0.1, 0.15) is 5.75 Å². The fourth-order valence-corrected chi connectivity index (χ4v) is 2.68. The van der Waals surface area contributed by atoms with Gasteiger partial charge in [-0.15, -0.1) is 0 Å². The predicted molar refractivity (Wildman–Crippen MR) is 76.0 cm³/mol. The number of hydrogen-bond acceptors (Lipinski definition) is 4. The van der Waals surface area contributed by atoms with Crippen LogP contribution in [0.4, 0.5) is 0 Å². The SMILES string of the molecule is COc1ccc(C)cc1C(CCC1CCCO1)NN. The fourth-order valence-electron chi connectivity index (χ4n) is 2.68. The molecule has 0 spiro atoms. The third kappa shape index (κ3) is 3.69. The minimum atomic E-state index is 0.110. The normalized spacial score (nSPS) is 20.5. The van der Waals surface area contributed by atoms with Gasteiger partial charge in [0.05, 0.1) is 13.2 Å². The maximum absolute atomic E-state index is 5.72. The number of benzene rings is 1. The molecule has 1 aromatic carbocycles. The van der Waals surface area contributed by atoms with Crippen LogP contribution in [0.5, 0.6) is 5.75 Å². The molecular weight excluding hydrogens is 240 g/mol. The molecule has 4 heteroatoms. The topological polar surface area (TPSA) is 56.5 Å². The molecule has 1 saturated heterocycles. The molecule has 106 valence electrons. The number of ether oxygens (including phenoxy) is 2. The highest BCUT2D eigenvalue weighted by Crippen LogP contribution is 2.30. The van der Waals surface area contributed by atoms with Crippen molar-refractivity contribution in [3.05, 3.63) is 29.3 Å². The van der Waals surface area contributed by atoms with Crippen molar-refractivity contribution >= 4 is 0 Å². The van der Waals surface area contributed by atoms with E-state index in [1.54, 1.807) is 7.11 Å². The molecule has 2 unspecified atom stereocenters. The Bertz CT molecular complexity index is 403. The summed E-state index contributed by atoms with van der Waals surface area (Å²) in [6.45, 7) is 2.98. The lowest BCUT2D eigenvalue weighted by molar-refractivity contribution is 0.0995. The molecule has 3 N–H and O–H groups in total. The van der Waals surface area contributed by atoms with E-state index >= 15 is 0 Å². The second-order valence-corrected chi connectivity index (χ2v) is 5.18. The Morgan fingerprint density at radius 3 is 3.00 bits per heavy atom. The maximum Gasteiger partial charge on any atom is 0.123 e. The smallest absolute Gasteiger partial charge is 0.123 e. The molecule has 0 amide bonds. The summed E-state index contributed by atoms with van der Waals surface area (Å²) >= 11 is 0. The molecule has 1 aromatic rings. The Kier molecular flexibility index (Phi) is 5.19. The number of aryl methyl sites for hydroxylation is 1. The van der Waals surface area contributed by atoms with Crippen LogP contribution in [0.15, 0.2) is 18.2 Å². The highest BCUT2D eigenvalue weighted by molar-refractivity contribution is 5.39. The van der Waals surface area contributed by atoms with Crippen molar-refractivity contribution < 1.29 is 9.47 Å². The zero-order chi connectivity index (χ0) is 13.7. The molecule has 1 aliphatic rings. The molecule has 1 heterocycles. The van der Waals surface area contributed by atoms with Crippen molar-refractivity contribution in [2.45, 2.75) is 44.8 Å². The quantitative estimate of drug-likeness (QED) is 0.612. The molecule has 1 fully saturated rings. The van der Waals surface area contributed by atoms with Gasteiger partial charge in [-0.25, -0.2) is 0 Å². The van der Waals surface area contributed by atoms with Gasteiger partial charge in [-0.1, -0.05) is 17.7 Å². The van der Waals surface area contributed by atoms with Crippen molar-refractivity contribution in [3.8, 4) is 5.75 Å². The van der Waals surface area contributed by atoms with E-state index in [2.05, 4.69) is 24.5 Å². The zero-order valence-corrected chi connectivity index (χ0v) is 11.8. The van der Waals surface area contributed by atoms with Crippen LogP contribution >= 0.6 is 0 Å². The van der Waals surface area contributed by atoms with E-state index in [-0.39, 0.29) is 6.04 Å². The van der Waals surface area contributed by atoms with Crippen LogP contribution < -0.4 is 16.0 Å². The Balaban J connectivity index is 2.05. The number of rotatable bonds is 6. The van der Waals surface area contributed by atoms with Crippen LogP contribution in [0, 0.1) is 6.92 Å². The van der Waals surface area contributed by atoms with E-state index in [0.29, 0.717) is 6.10 Å². The average molecular weight is 264 g/mol. The first-order valence-corrected chi connectivity index (χ1v) is 6.97. The number of hydrogen-bond donors (Lipinski definition) is 2. The number of hydrazine groups is 1. The first kappa shape index (κ1) is 14.3. The van der Waals surface area contributed by atoms with Crippen molar-refractivity contribution in [1.29, 1.82) is 0 Å². The molecule has 19 heavy (non-hydrogen) atoms. The lowest BCUT2D eigenvalue weighted by atomic mass is 9.97. The third-order valence-electron chi connectivity index (χ3n) is 3.76. The molecule has 0 aliphatic carbocycles. The average Bonchev–Trinajstić information content (AvgIpc) is 2.93. The van der Waals surface area contributed by atoms with E-state index in [1.807, 2.05) is 6.07 Å². The molecule has 0 radical (unpaired) electrons. The summed E-state index contributed by atoms with van der Waals surface area (Å²) in [6.07, 6.45) is 4.74. The van der Waals surface area contributed by atoms with Crippen molar-refractivity contribution in [3.63, 3.8) is 0 Å². The predicted octanol–water partition coefficient (Wildman–Crippen LogP) is 2.47. The Morgan fingerprint density at radius 1 is 1.53 bits per heavy atom. The summed E-state index contributed by atoms with van der Waals surface area (Å²) < 4.78 is 11.1. The largest absolute Gasteiger partial charge is 0.496 e. The minimum Gasteiger partial charge on any atom is -0.496 e. The second kappa shape index (κ2) is 6.89. The molecule has 1 aliphatic heterocycles.